The van der Waals surface area contributed by atoms with Gasteiger partial charge in [-0.15, -0.1) is 0 Å². The molecular weight excluding hydrogens is 307 g/mol. The highest BCUT2D eigenvalue weighted by Gasteiger charge is 2.12. The predicted octanol–water partition coefficient (Wildman–Crippen LogP) is 4.99. The van der Waals surface area contributed by atoms with Crippen LogP contribution in [0.2, 0.25) is 10.0 Å². The maximum atomic E-state index is 12.3. The van der Waals surface area contributed by atoms with Crippen molar-refractivity contribution in [3.63, 3.8) is 0 Å². The van der Waals surface area contributed by atoms with Gasteiger partial charge in [0.15, 0.2) is 0 Å². The highest BCUT2D eigenvalue weighted by molar-refractivity contribution is 6.44. The van der Waals surface area contributed by atoms with E-state index in [0.717, 1.165) is 17.8 Å². The van der Waals surface area contributed by atoms with E-state index in [1.165, 1.54) is 0 Å². The topological polar surface area (TPSA) is 41.1 Å². The number of halogens is 2. The van der Waals surface area contributed by atoms with Crippen molar-refractivity contribution in [1.82, 2.24) is 0 Å². The number of hydrogen-bond acceptors (Lipinski definition) is 2. The Labute approximate surface area is 134 Å². The standard InChI is InChI=1S/C16H16Cl2N2O/c1-3-19-11-7-8-12(10(2)9-11)16(21)20-14-6-4-5-13(17)15(14)18/h4-9,19H,3H2,1-2H3,(H,20,21). The average Bonchev–Trinajstić information content (AvgIpc) is 2.44. The van der Waals surface area contributed by atoms with Crippen LogP contribution in [0.4, 0.5) is 11.4 Å². The normalized spacial score (nSPS) is 10.3. The Hall–Kier alpha value is -1.71. The van der Waals surface area contributed by atoms with E-state index in [9.17, 15) is 4.79 Å². The molecule has 0 aliphatic rings. The van der Waals surface area contributed by atoms with E-state index in [2.05, 4.69) is 10.6 Å². The molecule has 0 heterocycles. The highest BCUT2D eigenvalue weighted by Crippen LogP contribution is 2.30. The van der Waals surface area contributed by atoms with E-state index in [-0.39, 0.29) is 5.91 Å². The Kier molecular flexibility index (Phi) is 5.10. The number of amides is 1. The van der Waals surface area contributed by atoms with Crippen molar-refractivity contribution in [1.29, 1.82) is 0 Å². The van der Waals surface area contributed by atoms with Crippen LogP contribution in [0.15, 0.2) is 36.4 Å². The Bertz CT molecular complexity index is 671. The number of rotatable bonds is 4. The first-order chi connectivity index (χ1) is 10.0. The SMILES string of the molecule is CCNc1ccc(C(=O)Nc2cccc(Cl)c2Cl)c(C)c1. The number of carbonyl (C=O) groups is 1. The molecule has 0 atom stereocenters. The van der Waals surface area contributed by atoms with Gasteiger partial charge < -0.3 is 10.6 Å². The van der Waals surface area contributed by atoms with Gasteiger partial charge in [0.05, 0.1) is 15.7 Å². The van der Waals surface area contributed by atoms with Crippen molar-refractivity contribution in [3.05, 3.63) is 57.6 Å². The number of aryl methyl sites for hydroxylation is 1. The smallest absolute Gasteiger partial charge is 0.255 e. The van der Waals surface area contributed by atoms with Crippen LogP contribution in [-0.2, 0) is 0 Å². The fraction of sp³-hybridized carbons (Fsp3) is 0.188. The zero-order valence-electron chi connectivity index (χ0n) is 11.8. The van der Waals surface area contributed by atoms with Crippen LogP contribution in [0.25, 0.3) is 0 Å². The third-order valence-corrected chi connectivity index (χ3v) is 3.87. The predicted molar refractivity (Wildman–Crippen MR) is 89.8 cm³/mol. The molecule has 0 saturated heterocycles. The highest BCUT2D eigenvalue weighted by atomic mass is 35.5. The molecule has 0 radical (unpaired) electrons. The number of carbonyl (C=O) groups excluding carboxylic acids is 1. The minimum Gasteiger partial charge on any atom is -0.385 e. The molecule has 2 rings (SSSR count). The summed E-state index contributed by atoms with van der Waals surface area (Å²) in [6, 6.07) is 10.7. The third kappa shape index (κ3) is 3.69. The molecule has 0 aromatic heterocycles. The molecule has 21 heavy (non-hydrogen) atoms. The first-order valence-electron chi connectivity index (χ1n) is 6.62. The van der Waals surface area contributed by atoms with Gasteiger partial charge >= 0.3 is 0 Å². The quantitative estimate of drug-likeness (QED) is 0.832. The van der Waals surface area contributed by atoms with Crippen molar-refractivity contribution < 1.29 is 4.79 Å². The van der Waals surface area contributed by atoms with Gasteiger partial charge in [-0.05, 0) is 49.7 Å². The lowest BCUT2D eigenvalue weighted by Crippen LogP contribution is -2.14. The lowest BCUT2D eigenvalue weighted by molar-refractivity contribution is 0.102. The van der Waals surface area contributed by atoms with E-state index in [0.29, 0.717) is 21.3 Å². The van der Waals surface area contributed by atoms with Gasteiger partial charge in [0.1, 0.15) is 0 Å². The third-order valence-electron chi connectivity index (χ3n) is 3.05. The van der Waals surface area contributed by atoms with E-state index < -0.39 is 0 Å². The second-order valence-electron chi connectivity index (χ2n) is 4.62. The number of benzene rings is 2. The summed E-state index contributed by atoms with van der Waals surface area (Å²) < 4.78 is 0. The van der Waals surface area contributed by atoms with Crippen molar-refractivity contribution in [3.8, 4) is 0 Å². The van der Waals surface area contributed by atoms with Crippen LogP contribution in [0, 0.1) is 6.92 Å². The molecule has 110 valence electrons. The Balaban J connectivity index is 2.22. The van der Waals surface area contributed by atoms with Gasteiger partial charge in [-0.3, -0.25) is 4.79 Å². The minimum absolute atomic E-state index is 0.209. The lowest BCUT2D eigenvalue weighted by atomic mass is 10.1. The summed E-state index contributed by atoms with van der Waals surface area (Å²) in [7, 11) is 0. The zero-order chi connectivity index (χ0) is 15.4. The van der Waals surface area contributed by atoms with E-state index in [1.807, 2.05) is 26.0 Å². The number of nitrogens with one attached hydrogen (secondary N) is 2. The second kappa shape index (κ2) is 6.83. The molecule has 2 aromatic rings. The molecule has 0 unspecified atom stereocenters. The second-order valence-corrected chi connectivity index (χ2v) is 5.40. The van der Waals surface area contributed by atoms with Crippen molar-refractivity contribution in [2.45, 2.75) is 13.8 Å². The molecule has 0 aliphatic heterocycles. The molecule has 1 amide bonds. The lowest BCUT2D eigenvalue weighted by Gasteiger charge is -2.11. The molecule has 2 aromatic carbocycles. The van der Waals surface area contributed by atoms with Crippen LogP contribution in [0.3, 0.4) is 0 Å². The summed E-state index contributed by atoms with van der Waals surface area (Å²) in [4.78, 5) is 12.3. The fourth-order valence-electron chi connectivity index (χ4n) is 2.02. The van der Waals surface area contributed by atoms with Crippen LogP contribution in [0.1, 0.15) is 22.8 Å². The maximum absolute atomic E-state index is 12.3. The molecule has 5 heteroatoms. The monoisotopic (exact) mass is 322 g/mol. The molecule has 3 nitrogen and oxygen atoms in total. The molecular formula is C16H16Cl2N2O. The summed E-state index contributed by atoms with van der Waals surface area (Å²) in [6.45, 7) is 4.76. The Morgan fingerprint density at radius 1 is 1.19 bits per heavy atom. The Morgan fingerprint density at radius 2 is 1.95 bits per heavy atom. The summed E-state index contributed by atoms with van der Waals surface area (Å²) in [6.07, 6.45) is 0. The summed E-state index contributed by atoms with van der Waals surface area (Å²) in [5, 5.41) is 6.75. The van der Waals surface area contributed by atoms with Crippen molar-refractivity contribution >= 4 is 40.5 Å². The van der Waals surface area contributed by atoms with Gasteiger partial charge in [-0.1, -0.05) is 29.3 Å². The largest absolute Gasteiger partial charge is 0.385 e. The van der Waals surface area contributed by atoms with Gasteiger partial charge in [0.25, 0.3) is 5.91 Å². The number of hydrogen-bond donors (Lipinski definition) is 2. The molecule has 0 bridgehead atoms. The molecule has 2 N–H and O–H groups in total. The summed E-state index contributed by atoms with van der Waals surface area (Å²) in [5.74, 6) is -0.209. The van der Waals surface area contributed by atoms with E-state index in [4.69, 9.17) is 23.2 Å². The first kappa shape index (κ1) is 15.7. The van der Waals surface area contributed by atoms with E-state index in [1.54, 1.807) is 24.3 Å². The summed E-state index contributed by atoms with van der Waals surface area (Å²) >= 11 is 12.0. The molecule has 0 fully saturated rings. The molecule has 0 aliphatic carbocycles. The zero-order valence-corrected chi connectivity index (χ0v) is 13.3. The van der Waals surface area contributed by atoms with Gasteiger partial charge in [0, 0.05) is 17.8 Å². The average molecular weight is 323 g/mol. The summed E-state index contributed by atoms with van der Waals surface area (Å²) in [5.41, 5.74) is 2.99. The fourth-order valence-corrected chi connectivity index (χ4v) is 2.37. The minimum atomic E-state index is -0.209. The van der Waals surface area contributed by atoms with Crippen LogP contribution in [0.5, 0.6) is 0 Å². The van der Waals surface area contributed by atoms with E-state index >= 15 is 0 Å². The van der Waals surface area contributed by atoms with Crippen molar-refractivity contribution in [2.24, 2.45) is 0 Å². The molecule has 0 saturated carbocycles. The van der Waals surface area contributed by atoms with Crippen LogP contribution in [-0.4, -0.2) is 12.5 Å². The van der Waals surface area contributed by atoms with Crippen molar-refractivity contribution in [2.75, 3.05) is 17.2 Å². The van der Waals surface area contributed by atoms with Gasteiger partial charge in [0.2, 0.25) is 0 Å². The maximum Gasteiger partial charge on any atom is 0.255 e. The van der Waals surface area contributed by atoms with Gasteiger partial charge in [-0.2, -0.15) is 0 Å². The van der Waals surface area contributed by atoms with Crippen LogP contribution >= 0.6 is 23.2 Å². The van der Waals surface area contributed by atoms with Gasteiger partial charge in [-0.25, -0.2) is 0 Å². The molecule has 0 spiro atoms. The van der Waals surface area contributed by atoms with Crippen LogP contribution < -0.4 is 10.6 Å². The Morgan fingerprint density at radius 3 is 2.62 bits per heavy atom. The first-order valence-corrected chi connectivity index (χ1v) is 7.38. The number of anilines is 2.